The van der Waals surface area contributed by atoms with Crippen LogP contribution < -0.4 is 16.2 Å². The number of aromatic nitrogens is 3. The van der Waals surface area contributed by atoms with Gasteiger partial charge >= 0.3 is 0 Å². The lowest BCUT2D eigenvalue weighted by molar-refractivity contribution is -0.116. The molecule has 27 heavy (non-hydrogen) atoms. The third-order valence-corrected chi connectivity index (χ3v) is 4.30. The fraction of sp³-hybridized carbons (Fsp3) is 0.167. The van der Waals surface area contributed by atoms with Crippen LogP contribution in [0.25, 0.3) is 0 Å². The predicted molar refractivity (Wildman–Crippen MR) is 102 cm³/mol. The van der Waals surface area contributed by atoms with Crippen molar-refractivity contribution in [2.45, 2.75) is 20.0 Å². The molecule has 0 aromatic carbocycles. The molecule has 0 aliphatic carbocycles. The molecule has 3 aromatic rings. The highest BCUT2D eigenvalue weighted by atomic mass is 32.1. The SMILES string of the molecule is Cc1cccc(CNC(=O)c2ccc(=O)n(CC(=O)Nc3nccs3)c2)n1. The first-order chi connectivity index (χ1) is 13.0. The lowest BCUT2D eigenvalue weighted by atomic mass is 10.2. The Labute approximate surface area is 158 Å². The number of carbonyl (C=O) groups is 2. The zero-order valence-corrected chi connectivity index (χ0v) is 15.3. The van der Waals surface area contributed by atoms with Crippen molar-refractivity contribution in [1.82, 2.24) is 19.9 Å². The van der Waals surface area contributed by atoms with Crippen LogP contribution in [0.15, 0.2) is 52.9 Å². The molecule has 3 rings (SSSR count). The van der Waals surface area contributed by atoms with Crippen molar-refractivity contribution in [3.63, 3.8) is 0 Å². The van der Waals surface area contributed by atoms with Gasteiger partial charge in [-0.3, -0.25) is 19.4 Å². The molecule has 0 radical (unpaired) electrons. The Hall–Kier alpha value is -3.33. The van der Waals surface area contributed by atoms with Gasteiger partial charge in [-0.2, -0.15) is 0 Å². The fourth-order valence-electron chi connectivity index (χ4n) is 2.36. The van der Waals surface area contributed by atoms with Crippen LogP contribution in [0.2, 0.25) is 0 Å². The van der Waals surface area contributed by atoms with E-state index in [1.54, 1.807) is 11.6 Å². The Morgan fingerprint density at radius 2 is 2.07 bits per heavy atom. The van der Waals surface area contributed by atoms with Crippen molar-refractivity contribution in [3.8, 4) is 0 Å². The standard InChI is InChI=1S/C18H17N5O3S/c1-12-3-2-4-14(21-12)9-20-17(26)13-5-6-16(25)23(10-13)11-15(24)22-18-19-7-8-27-18/h2-8,10H,9,11H2,1H3,(H,20,26)(H,19,22,24). The molecular formula is C18H17N5O3S. The second-order valence-corrected chi connectivity index (χ2v) is 6.62. The lowest BCUT2D eigenvalue weighted by Crippen LogP contribution is -2.29. The summed E-state index contributed by atoms with van der Waals surface area (Å²) in [6.07, 6.45) is 2.93. The van der Waals surface area contributed by atoms with E-state index < -0.39 is 5.91 Å². The van der Waals surface area contributed by atoms with Gasteiger partial charge in [-0.05, 0) is 25.1 Å². The number of hydrogen-bond acceptors (Lipinski definition) is 6. The summed E-state index contributed by atoms with van der Waals surface area (Å²) < 4.78 is 1.18. The van der Waals surface area contributed by atoms with E-state index in [1.165, 1.54) is 34.2 Å². The highest BCUT2D eigenvalue weighted by Crippen LogP contribution is 2.10. The second kappa shape index (κ2) is 8.37. The van der Waals surface area contributed by atoms with Gasteiger partial charge in [0.05, 0.1) is 17.8 Å². The van der Waals surface area contributed by atoms with Gasteiger partial charge in [-0.1, -0.05) is 6.07 Å². The summed E-state index contributed by atoms with van der Waals surface area (Å²) in [4.78, 5) is 44.6. The smallest absolute Gasteiger partial charge is 0.253 e. The fourth-order valence-corrected chi connectivity index (χ4v) is 2.90. The Bertz CT molecular complexity index is 1010. The van der Waals surface area contributed by atoms with E-state index in [1.807, 2.05) is 25.1 Å². The van der Waals surface area contributed by atoms with E-state index in [4.69, 9.17) is 0 Å². The van der Waals surface area contributed by atoms with Crippen LogP contribution in [0.1, 0.15) is 21.7 Å². The van der Waals surface area contributed by atoms with E-state index in [0.717, 1.165) is 11.4 Å². The third kappa shape index (κ3) is 5.08. The maximum atomic E-state index is 12.3. The maximum Gasteiger partial charge on any atom is 0.253 e. The molecule has 0 unspecified atom stereocenters. The summed E-state index contributed by atoms with van der Waals surface area (Å²) in [6.45, 7) is 1.93. The summed E-state index contributed by atoms with van der Waals surface area (Å²) in [5.74, 6) is -0.749. The lowest BCUT2D eigenvalue weighted by Gasteiger charge is -2.09. The van der Waals surface area contributed by atoms with Gasteiger partial charge in [0.25, 0.3) is 11.5 Å². The van der Waals surface area contributed by atoms with E-state index in [2.05, 4.69) is 20.6 Å². The number of rotatable bonds is 6. The molecule has 0 aliphatic heterocycles. The van der Waals surface area contributed by atoms with Gasteiger partial charge in [0, 0.05) is 29.5 Å². The van der Waals surface area contributed by atoms with Crippen molar-refractivity contribution >= 4 is 28.3 Å². The quantitative estimate of drug-likeness (QED) is 0.672. The Morgan fingerprint density at radius 3 is 2.81 bits per heavy atom. The van der Waals surface area contributed by atoms with Crippen LogP contribution in [0.3, 0.4) is 0 Å². The first kappa shape index (κ1) is 18.5. The monoisotopic (exact) mass is 383 g/mol. The normalized spacial score (nSPS) is 10.4. The molecule has 2 N–H and O–H groups in total. The highest BCUT2D eigenvalue weighted by Gasteiger charge is 2.11. The van der Waals surface area contributed by atoms with Crippen molar-refractivity contribution in [3.05, 3.63) is 75.4 Å². The summed E-state index contributed by atoms with van der Waals surface area (Å²) in [7, 11) is 0. The van der Waals surface area contributed by atoms with Crippen molar-refractivity contribution in [1.29, 1.82) is 0 Å². The molecular weight excluding hydrogens is 366 g/mol. The summed E-state index contributed by atoms with van der Waals surface area (Å²) in [6, 6.07) is 8.24. The molecule has 0 bridgehead atoms. The number of thiazole rings is 1. The predicted octanol–water partition coefficient (Wildman–Crippen LogP) is 1.58. The Morgan fingerprint density at radius 1 is 1.22 bits per heavy atom. The Balaban J connectivity index is 1.65. The molecule has 9 heteroatoms. The zero-order chi connectivity index (χ0) is 19.2. The average molecular weight is 383 g/mol. The van der Waals surface area contributed by atoms with Crippen LogP contribution >= 0.6 is 11.3 Å². The molecule has 0 aliphatic rings. The zero-order valence-electron chi connectivity index (χ0n) is 14.5. The second-order valence-electron chi connectivity index (χ2n) is 5.72. The topological polar surface area (TPSA) is 106 Å². The number of hydrogen-bond donors (Lipinski definition) is 2. The van der Waals surface area contributed by atoms with Gasteiger partial charge in [-0.25, -0.2) is 4.98 Å². The molecule has 3 aromatic heterocycles. The maximum absolute atomic E-state index is 12.3. The molecule has 0 fully saturated rings. The highest BCUT2D eigenvalue weighted by molar-refractivity contribution is 7.13. The molecule has 2 amide bonds. The van der Waals surface area contributed by atoms with Crippen LogP contribution in [0.5, 0.6) is 0 Å². The molecule has 0 saturated carbocycles. The molecule has 138 valence electrons. The van der Waals surface area contributed by atoms with Crippen molar-refractivity contribution < 1.29 is 9.59 Å². The number of carbonyl (C=O) groups excluding carboxylic acids is 2. The molecule has 0 spiro atoms. The van der Waals surface area contributed by atoms with Crippen LogP contribution in [-0.4, -0.2) is 26.3 Å². The number of pyridine rings is 2. The molecule has 8 nitrogen and oxygen atoms in total. The number of amides is 2. The van der Waals surface area contributed by atoms with Gasteiger partial charge in [0.1, 0.15) is 6.54 Å². The average Bonchev–Trinajstić information content (AvgIpc) is 3.14. The number of nitrogens with one attached hydrogen (secondary N) is 2. The van der Waals surface area contributed by atoms with Crippen LogP contribution in [-0.2, 0) is 17.9 Å². The molecule has 0 atom stereocenters. The van der Waals surface area contributed by atoms with E-state index in [-0.39, 0.29) is 30.1 Å². The van der Waals surface area contributed by atoms with Crippen LogP contribution in [0.4, 0.5) is 5.13 Å². The van der Waals surface area contributed by atoms with Gasteiger partial charge in [0.15, 0.2) is 5.13 Å². The van der Waals surface area contributed by atoms with Crippen molar-refractivity contribution in [2.24, 2.45) is 0 Å². The van der Waals surface area contributed by atoms with Crippen molar-refractivity contribution in [2.75, 3.05) is 5.32 Å². The van der Waals surface area contributed by atoms with Crippen LogP contribution in [0, 0.1) is 6.92 Å². The Kier molecular flexibility index (Phi) is 5.72. The minimum atomic E-state index is -0.395. The minimum Gasteiger partial charge on any atom is -0.346 e. The largest absolute Gasteiger partial charge is 0.346 e. The summed E-state index contributed by atoms with van der Waals surface area (Å²) in [5.41, 5.74) is 1.51. The minimum absolute atomic E-state index is 0.209. The first-order valence-corrected chi connectivity index (χ1v) is 9.00. The van der Waals surface area contributed by atoms with Gasteiger partial charge in [-0.15, -0.1) is 11.3 Å². The number of nitrogens with zero attached hydrogens (tertiary/aromatic N) is 3. The van der Waals surface area contributed by atoms with E-state index in [0.29, 0.717) is 5.13 Å². The number of anilines is 1. The summed E-state index contributed by atoms with van der Waals surface area (Å²) >= 11 is 1.28. The first-order valence-electron chi connectivity index (χ1n) is 8.12. The van der Waals surface area contributed by atoms with E-state index in [9.17, 15) is 14.4 Å². The summed E-state index contributed by atoms with van der Waals surface area (Å²) in [5, 5.41) is 7.53. The third-order valence-electron chi connectivity index (χ3n) is 3.61. The number of aryl methyl sites for hydroxylation is 1. The molecule has 3 heterocycles. The van der Waals surface area contributed by atoms with E-state index >= 15 is 0 Å². The van der Waals surface area contributed by atoms with Gasteiger partial charge in [0.2, 0.25) is 5.91 Å². The van der Waals surface area contributed by atoms with Gasteiger partial charge < -0.3 is 15.2 Å². The molecule has 0 saturated heterocycles.